The minimum Gasteiger partial charge on any atom is -0.435 e. The summed E-state index contributed by atoms with van der Waals surface area (Å²) in [6.45, 7) is 1.12. The fourth-order valence-electron chi connectivity index (χ4n) is 1.93. The van der Waals surface area contributed by atoms with Crippen molar-refractivity contribution in [2.75, 3.05) is 19.8 Å². The number of nitrogens with one attached hydrogen (secondary N) is 1. The highest BCUT2D eigenvalue weighted by molar-refractivity contribution is 5.33. The van der Waals surface area contributed by atoms with Gasteiger partial charge >= 0.3 is 6.61 Å². The molecule has 17 heavy (non-hydrogen) atoms. The normalized spacial score (nSPS) is 24.9. The molecule has 1 saturated heterocycles. The average Bonchev–Trinajstić information content (AvgIpc) is 2.29. The average molecular weight is 243 g/mol. The van der Waals surface area contributed by atoms with Crippen molar-refractivity contribution in [3.63, 3.8) is 0 Å². The van der Waals surface area contributed by atoms with Gasteiger partial charge in [-0.05, 0) is 24.6 Å². The molecular weight excluding hydrogens is 228 g/mol. The Morgan fingerprint density at radius 1 is 1.47 bits per heavy atom. The molecule has 0 saturated carbocycles. The maximum absolute atomic E-state index is 12.1. The molecule has 1 aliphatic rings. The maximum atomic E-state index is 12.1. The molecular formula is C12H15F2NO2. The number of benzene rings is 1. The van der Waals surface area contributed by atoms with E-state index in [4.69, 9.17) is 4.74 Å². The van der Waals surface area contributed by atoms with Gasteiger partial charge in [-0.1, -0.05) is 12.1 Å². The minimum atomic E-state index is -2.80. The predicted octanol–water partition coefficient (Wildman–Crippen LogP) is 2.12. The van der Waals surface area contributed by atoms with Crippen LogP contribution in [0.5, 0.6) is 5.75 Å². The van der Waals surface area contributed by atoms with E-state index in [0.717, 1.165) is 12.1 Å². The number of hydrogen-bond acceptors (Lipinski definition) is 3. The van der Waals surface area contributed by atoms with E-state index in [1.807, 2.05) is 13.0 Å². The van der Waals surface area contributed by atoms with Crippen LogP contribution in [-0.4, -0.2) is 26.4 Å². The second kappa shape index (κ2) is 4.98. The van der Waals surface area contributed by atoms with E-state index >= 15 is 0 Å². The molecule has 2 rings (SSSR count). The van der Waals surface area contributed by atoms with Crippen LogP contribution in [0.2, 0.25) is 0 Å². The molecule has 1 aromatic rings. The van der Waals surface area contributed by atoms with Gasteiger partial charge in [0, 0.05) is 6.54 Å². The topological polar surface area (TPSA) is 30.5 Å². The summed E-state index contributed by atoms with van der Waals surface area (Å²) in [5.41, 5.74) is 0.537. The summed E-state index contributed by atoms with van der Waals surface area (Å²) in [6.07, 6.45) is 0. The molecule has 1 N–H and O–H groups in total. The summed E-state index contributed by atoms with van der Waals surface area (Å²) in [5.74, 6) is 0.172. The Labute approximate surface area is 98.7 Å². The van der Waals surface area contributed by atoms with Crippen molar-refractivity contribution in [3.05, 3.63) is 29.8 Å². The van der Waals surface area contributed by atoms with Gasteiger partial charge in [-0.3, -0.25) is 0 Å². The molecule has 0 aliphatic carbocycles. The van der Waals surface area contributed by atoms with Crippen LogP contribution >= 0.6 is 0 Å². The van der Waals surface area contributed by atoms with E-state index in [2.05, 4.69) is 10.1 Å². The number of halogens is 2. The first kappa shape index (κ1) is 12.3. The third-order valence-electron chi connectivity index (χ3n) is 2.85. The summed E-state index contributed by atoms with van der Waals surface area (Å²) >= 11 is 0. The summed E-state index contributed by atoms with van der Waals surface area (Å²) in [7, 11) is 0. The largest absolute Gasteiger partial charge is 0.435 e. The van der Waals surface area contributed by atoms with Crippen molar-refractivity contribution in [2.45, 2.75) is 19.1 Å². The zero-order valence-electron chi connectivity index (χ0n) is 9.58. The highest BCUT2D eigenvalue weighted by Crippen LogP contribution is 2.27. The monoisotopic (exact) mass is 243 g/mol. The first-order valence-electron chi connectivity index (χ1n) is 5.48. The molecule has 5 heteroatoms. The first-order valence-corrected chi connectivity index (χ1v) is 5.48. The first-order chi connectivity index (χ1) is 8.10. The Bertz CT molecular complexity index is 379. The number of rotatable bonds is 3. The van der Waals surface area contributed by atoms with Crippen LogP contribution < -0.4 is 10.1 Å². The lowest BCUT2D eigenvalue weighted by molar-refractivity contribution is -0.0500. The van der Waals surface area contributed by atoms with Gasteiger partial charge in [-0.15, -0.1) is 0 Å². The number of morpholine rings is 1. The molecule has 1 atom stereocenters. The zero-order valence-corrected chi connectivity index (χ0v) is 9.58. The summed E-state index contributed by atoms with van der Waals surface area (Å²) < 4.78 is 34.1. The molecule has 0 unspecified atom stereocenters. The second-order valence-corrected chi connectivity index (χ2v) is 4.22. The quantitative estimate of drug-likeness (QED) is 0.882. The van der Waals surface area contributed by atoms with Crippen LogP contribution in [0, 0.1) is 0 Å². The zero-order chi connectivity index (χ0) is 12.3. The lowest BCUT2D eigenvalue weighted by Crippen LogP contribution is -2.49. The molecule has 0 radical (unpaired) electrons. The van der Waals surface area contributed by atoms with Crippen molar-refractivity contribution in [2.24, 2.45) is 0 Å². The number of hydrogen-bond donors (Lipinski definition) is 1. The van der Waals surface area contributed by atoms with Gasteiger partial charge in [0.1, 0.15) is 5.75 Å². The maximum Gasteiger partial charge on any atom is 0.387 e. The molecule has 1 heterocycles. The van der Waals surface area contributed by atoms with Crippen LogP contribution in [0.25, 0.3) is 0 Å². The molecule has 1 aliphatic heterocycles. The minimum absolute atomic E-state index is 0.172. The highest BCUT2D eigenvalue weighted by atomic mass is 19.3. The Balaban J connectivity index is 2.19. The van der Waals surface area contributed by atoms with Crippen LogP contribution in [-0.2, 0) is 10.3 Å². The van der Waals surface area contributed by atoms with Gasteiger partial charge in [-0.2, -0.15) is 8.78 Å². The fourth-order valence-corrected chi connectivity index (χ4v) is 1.93. The second-order valence-electron chi connectivity index (χ2n) is 4.22. The Morgan fingerprint density at radius 2 is 2.29 bits per heavy atom. The van der Waals surface area contributed by atoms with Crippen molar-refractivity contribution in [1.29, 1.82) is 0 Å². The van der Waals surface area contributed by atoms with Crippen molar-refractivity contribution >= 4 is 0 Å². The van der Waals surface area contributed by atoms with Gasteiger partial charge in [0.25, 0.3) is 0 Å². The van der Waals surface area contributed by atoms with Gasteiger partial charge in [0.2, 0.25) is 0 Å². The Kier molecular flexibility index (Phi) is 3.59. The van der Waals surface area contributed by atoms with E-state index < -0.39 is 6.61 Å². The molecule has 1 fully saturated rings. The van der Waals surface area contributed by atoms with Crippen molar-refractivity contribution in [1.82, 2.24) is 5.32 Å². The number of alkyl halides is 2. The smallest absolute Gasteiger partial charge is 0.387 e. The van der Waals surface area contributed by atoms with Gasteiger partial charge in [0.15, 0.2) is 0 Å². The summed E-state index contributed by atoms with van der Waals surface area (Å²) in [6, 6.07) is 6.71. The highest BCUT2D eigenvalue weighted by Gasteiger charge is 2.29. The van der Waals surface area contributed by atoms with Gasteiger partial charge in [0.05, 0.1) is 18.8 Å². The van der Waals surface area contributed by atoms with Crippen LogP contribution in [0.15, 0.2) is 24.3 Å². The molecule has 0 spiro atoms. The fraction of sp³-hybridized carbons (Fsp3) is 0.500. The molecule has 1 aromatic carbocycles. The molecule has 3 nitrogen and oxygen atoms in total. The van der Waals surface area contributed by atoms with Crippen molar-refractivity contribution in [3.8, 4) is 5.75 Å². The number of ether oxygens (including phenoxy) is 2. The summed E-state index contributed by atoms with van der Waals surface area (Å²) in [4.78, 5) is 0. The molecule has 0 aromatic heterocycles. The van der Waals surface area contributed by atoms with Gasteiger partial charge < -0.3 is 14.8 Å². The third kappa shape index (κ3) is 2.92. The van der Waals surface area contributed by atoms with Crippen molar-refractivity contribution < 1.29 is 18.3 Å². The Hall–Kier alpha value is -1.20. The van der Waals surface area contributed by atoms with E-state index in [1.165, 1.54) is 6.07 Å². The van der Waals surface area contributed by atoms with Crippen LogP contribution in [0.4, 0.5) is 8.78 Å². The molecule has 0 amide bonds. The lowest BCUT2D eigenvalue weighted by Gasteiger charge is -2.35. The van der Waals surface area contributed by atoms with E-state index in [-0.39, 0.29) is 11.3 Å². The van der Waals surface area contributed by atoms with E-state index in [0.29, 0.717) is 13.2 Å². The molecule has 0 bridgehead atoms. The Morgan fingerprint density at radius 3 is 2.94 bits per heavy atom. The van der Waals surface area contributed by atoms with Gasteiger partial charge in [-0.25, -0.2) is 0 Å². The third-order valence-corrected chi connectivity index (χ3v) is 2.85. The predicted molar refractivity (Wildman–Crippen MR) is 59.2 cm³/mol. The SMILES string of the molecule is C[C@@]1(c2cccc(OC(F)F)c2)COCCN1. The van der Waals surface area contributed by atoms with E-state index in [9.17, 15) is 8.78 Å². The van der Waals surface area contributed by atoms with Crippen LogP contribution in [0.3, 0.4) is 0 Å². The lowest BCUT2D eigenvalue weighted by atomic mass is 9.92. The standard InChI is InChI=1S/C12H15F2NO2/c1-12(8-16-6-5-15-12)9-3-2-4-10(7-9)17-11(13)14/h2-4,7,11,15H,5-6,8H2,1H3/t12-/m0/s1. The summed E-state index contributed by atoms with van der Waals surface area (Å²) in [5, 5.41) is 3.32. The molecule has 94 valence electrons. The van der Waals surface area contributed by atoms with E-state index in [1.54, 1.807) is 12.1 Å². The van der Waals surface area contributed by atoms with Crippen LogP contribution in [0.1, 0.15) is 12.5 Å².